The highest BCUT2D eigenvalue weighted by Gasteiger charge is 2.17. The molecule has 0 bridgehead atoms. The molecule has 0 amide bonds. The molecule has 0 atom stereocenters. The van der Waals surface area contributed by atoms with E-state index >= 15 is 0 Å². The van der Waals surface area contributed by atoms with Gasteiger partial charge in [-0.3, -0.25) is 10.1 Å². The molecule has 0 aliphatic heterocycles. The first-order chi connectivity index (χ1) is 8.49. The highest BCUT2D eigenvalue weighted by Crippen LogP contribution is 2.36. The van der Waals surface area contributed by atoms with Gasteiger partial charge in [0.15, 0.2) is 12.0 Å². The molecule has 0 aliphatic carbocycles. The van der Waals surface area contributed by atoms with E-state index in [-0.39, 0.29) is 28.1 Å². The minimum absolute atomic E-state index is 0.0557. The van der Waals surface area contributed by atoms with Crippen LogP contribution in [0, 0.1) is 10.1 Å². The SMILES string of the molecule is COC(COc1c(Cl)cc([N+](=O)[O-])cc1Cl)OC. The Morgan fingerprint density at radius 1 is 1.28 bits per heavy atom. The summed E-state index contributed by atoms with van der Waals surface area (Å²) < 4.78 is 15.2. The van der Waals surface area contributed by atoms with Gasteiger partial charge < -0.3 is 14.2 Å². The van der Waals surface area contributed by atoms with Crippen LogP contribution in [0.4, 0.5) is 5.69 Å². The van der Waals surface area contributed by atoms with Crippen LogP contribution >= 0.6 is 23.2 Å². The highest BCUT2D eigenvalue weighted by atomic mass is 35.5. The zero-order valence-electron chi connectivity index (χ0n) is 9.68. The summed E-state index contributed by atoms with van der Waals surface area (Å²) in [5, 5.41) is 10.7. The van der Waals surface area contributed by atoms with Crippen molar-refractivity contribution in [1.82, 2.24) is 0 Å². The molecular weight excluding hydrogens is 285 g/mol. The largest absolute Gasteiger partial charge is 0.485 e. The van der Waals surface area contributed by atoms with Crippen LogP contribution in [-0.4, -0.2) is 32.0 Å². The van der Waals surface area contributed by atoms with Crippen LogP contribution in [0.15, 0.2) is 12.1 Å². The molecule has 0 N–H and O–H groups in total. The highest BCUT2D eigenvalue weighted by molar-refractivity contribution is 6.37. The number of methoxy groups -OCH3 is 2. The van der Waals surface area contributed by atoms with Crippen molar-refractivity contribution in [3.8, 4) is 5.75 Å². The minimum Gasteiger partial charge on any atom is -0.485 e. The lowest BCUT2D eigenvalue weighted by Crippen LogP contribution is -2.22. The van der Waals surface area contributed by atoms with Crippen molar-refractivity contribution in [3.63, 3.8) is 0 Å². The summed E-state index contributed by atoms with van der Waals surface area (Å²) in [6.07, 6.45) is -0.577. The van der Waals surface area contributed by atoms with E-state index in [2.05, 4.69) is 0 Å². The molecule has 0 heterocycles. The topological polar surface area (TPSA) is 70.8 Å². The maximum absolute atomic E-state index is 10.6. The number of hydrogen-bond donors (Lipinski definition) is 0. The molecule has 18 heavy (non-hydrogen) atoms. The molecule has 0 aromatic heterocycles. The Bertz CT molecular complexity index is 413. The van der Waals surface area contributed by atoms with Gasteiger partial charge in [0, 0.05) is 26.4 Å². The summed E-state index contributed by atoms with van der Waals surface area (Å²) in [5.74, 6) is 0.156. The molecule has 6 nitrogen and oxygen atoms in total. The van der Waals surface area contributed by atoms with Crippen LogP contribution < -0.4 is 4.74 Å². The van der Waals surface area contributed by atoms with E-state index < -0.39 is 11.2 Å². The molecule has 0 saturated carbocycles. The number of nitro benzene ring substituents is 1. The van der Waals surface area contributed by atoms with E-state index in [0.717, 1.165) is 12.1 Å². The van der Waals surface area contributed by atoms with Crippen LogP contribution in [-0.2, 0) is 9.47 Å². The van der Waals surface area contributed by atoms with Crippen molar-refractivity contribution in [2.24, 2.45) is 0 Å². The van der Waals surface area contributed by atoms with Gasteiger partial charge in [0.05, 0.1) is 15.0 Å². The van der Waals surface area contributed by atoms with Crippen LogP contribution in [0.25, 0.3) is 0 Å². The second kappa shape index (κ2) is 6.75. The third-order valence-corrected chi connectivity index (χ3v) is 2.64. The number of rotatable bonds is 6. The molecular formula is C10H11Cl2NO5. The molecule has 0 aliphatic rings. The van der Waals surface area contributed by atoms with Crippen molar-refractivity contribution in [2.75, 3.05) is 20.8 Å². The average molecular weight is 296 g/mol. The zero-order chi connectivity index (χ0) is 13.7. The predicted octanol–water partition coefficient (Wildman–Crippen LogP) is 2.90. The molecule has 0 saturated heterocycles. The molecule has 1 aromatic carbocycles. The second-order valence-electron chi connectivity index (χ2n) is 3.21. The fourth-order valence-electron chi connectivity index (χ4n) is 1.17. The molecule has 100 valence electrons. The minimum atomic E-state index is -0.589. The molecule has 0 radical (unpaired) electrons. The van der Waals surface area contributed by atoms with Gasteiger partial charge in [0.1, 0.15) is 6.61 Å². The maximum Gasteiger partial charge on any atom is 0.272 e. The molecule has 1 rings (SSSR count). The lowest BCUT2D eigenvalue weighted by atomic mass is 10.3. The van der Waals surface area contributed by atoms with E-state index in [0.29, 0.717) is 0 Å². The van der Waals surface area contributed by atoms with E-state index in [4.69, 9.17) is 37.4 Å². The Labute approximate surface area is 113 Å². The second-order valence-corrected chi connectivity index (χ2v) is 4.02. The fraction of sp³-hybridized carbons (Fsp3) is 0.400. The van der Waals surface area contributed by atoms with Gasteiger partial charge in [-0.1, -0.05) is 23.2 Å². The summed E-state index contributed by atoms with van der Waals surface area (Å²) in [6.45, 7) is 0.0598. The zero-order valence-corrected chi connectivity index (χ0v) is 11.2. The molecule has 8 heteroatoms. The smallest absolute Gasteiger partial charge is 0.272 e. The van der Waals surface area contributed by atoms with Gasteiger partial charge in [-0.2, -0.15) is 0 Å². The van der Waals surface area contributed by atoms with E-state index in [1.165, 1.54) is 14.2 Å². The van der Waals surface area contributed by atoms with Gasteiger partial charge in [-0.05, 0) is 0 Å². The Balaban J connectivity index is 2.87. The van der Waals surface area contributed by atoms with Crippen LogP contribution in [0.3, 0.4) is 0 Å². The van der Waals surface area contributed by atoms with Gasteiger partial charge in [0.2, 0.25) is 0 Å². The van der Waals surface area contributed by atoms with Gasteiger partial charge in [0.25, 0.3) is 5.69 Å². The summed E-state index contributed by atoms with van der Waals surface area (Å²) in [6, 6.07) is 2.33. The number of non-ortho nitro benzene ring substituents is 1. The lowest BCUT2D eigenvalue weighted by molar-refractivity contribution is -0.384. The maximum atomic E-state index is 10.6. The first-order valence-corrected chi connectivity index (χ1v) is 5.57. The van der Waals surface area contributed by atoms with Crippen molar-refractivity contribution in [1.29, 1.82) is 0 Å². The summed E-state index contributed by atoms with van der Waals surface area (Å²) in [4.78, 5) is 9.99. The van der Waals surface area contributed by atoms with Crippen LogP contribution in [0.5, 0.6) is 5.75 Å². The Kier molecular flexibility index (Phi) is 5.61. The summed E-state index contributed by atoms with van der Waals surface area (Å²) in [7, 11) is 2.91. The van der Waals surface area contributed by atoms with Crippen LogP contribution in [0.2, 0.25) is 10.0 Å². The van der Waals surface area contributed by atoms with E-state index in [9.17, 15) is 10.1 Å². The average Bonchev–Trinajstić information content (AvgIpc) is 2.32. The molecule has 1 aromatic rings. The normalized spacial score (nSPS) is 10.7. The Morgan fingerprint density at radius 2 is 1.78 bits per heavy atom. The number of halogens is 2. The number of ether oxygens (including phenoxy) is 3. The summed E-state index contributed by atoms with van der Waals surface area (Å²) >= 11 is 11.7. The van der Waals surface area contributed by atoms with E-state index in [1.807, 2.05) is 0 Å². The van der Waals surface area contributed by atoms with Crippen molar-refractivity contribution in [3.05, 3.63) is 32.3 Å². The van der Waals surface area contributed by atoms with Crippen molar-refractivity contribution in [2.45, 2.75) is 6.29 Å². The van der Waals surface area contributed by atoms with E-state index in [1.54, 1.807) is 0 Å². The quantitative estimate of drug-likeness (QED) is 0.458. The number of benzene rings is 1. The number of nitro groups is 1. The molecule has 0 fully saturated rings. The molecule has 0 unspecified atom stereocenters. The third-order valence-electron chi connectivity index (χ3n) is 2.08. The van der Waals surface area contributed by atoms with Crippen molar-refractivity contribution >= 4 is 28.9 Å². The van der Waals surface area contributed by atoms with Crippen LogP contribution in [0.1, 0.15) is 0 Å². The fourth-order valence-corrected chi connectivity index (χ4v) is 1.76. The standard InChI is InChI=1S/C10H11Cl2NO5/c1-16-9(17-2)5-18-10-7(11)3-6(13(14)15)4-8(10)12/h3-4,9H,5H2,1-2H3. The van der Waals surface area contributed by atoms with Gasteiger partial charge in [-0.15, -0.1) is 0 Å². The Hall–Kier alpha value is -1.08. The number of hydrogen-bond acceptors (Lipinski definition) is 5. The summed E-state index contributed by atoms with van der Waals surface area (Å²) in [5.41, 5.74) is -0.201. The molecule has 0 spiro atoms. The predicted molar refractivity (Wildman–Crippen MR) is 66.4 cm³/mol. The third kappa shape index (κ3) is 3.71. The Morgan fingerprint density at radius 3 is 2.17 bits per heavy atom. The van der Waals surface area contributed by atoms with Gasteiger partial charge in [-0.25, -0.2) is 0 Å². The first-order valence-electron chi connectivity index (χ1n) is 4.81. The first kappa shape index (κ1) is 15.0. The monoisotopic (exact) mass is 295 g/mol. The van der Waals surface area contributed by atoms with Crippen molar-refractivity contribution < 1.29 is 19.1 Å². The lowest BCUT2D eigenvalue weighted by Gasteiger charge is -2.15. The van der Waals surface area contributed by atoms with Gasteiger partial charge >= 0.3 is 0 Å². The number of nitrogens with zero attached hydrogens (tertiary/aromatic N) is 1.